The first-order chi connectivity index (χ1) is 15.7. The van der Waals surface area contributed by atoms with Crippen molar-refractivity contribution in [2.45, 2.75) is 44.4 Å². The van der Waals surface area contributed by atoms with Gasteiger partial charge in [-0.15, -0.1) is 0 Å². The van der Waals surface area contributed by atoms with Gasteiger partial charge in [-0.05, 0) is 66.6 Å². The molecule has 0 bridgehead atoms. The van der Waals surface area contributed by atoms with Crippen LogP contribution in [0, 0.1) is 29.1 Å². The summed E-state index contributed by atoms with van der Waals surface area (Å²) in [5, 5.41) is 9.13. The van der Waals surface area contributed by atoms with E-state index in [9.17, 15) is 18.0 Å². The summed E-state index contributed by atoms with van der Waals surface area (Å²) >= 11 is 0. The molecule has 1 aliphatic rings. The highest BCUT2D eigenvalue weighted by molar-refractivity contribution is 5.50. The third-order valence-electron chi connectivity index (χ3n) is 5.91. The number of likely N-dealkylation sites (tertiary alicyclic amines) is 1. The zero-order valence-corrected chi connectivity index (χ0v) is 18.4. The van der Waals surface area contributed by atoms with Gasteiger partial charge in [0.05, 0.1) is 23.2 Å². The molecule has 170 valence electrons. The summed E-state index contributed by atoms with van der Waals surface area (Å²) in [6.07, 6.45) is -1.64. The second-order valence-corrected chi connectivity index (χ2v) is 8.35. The number of nitriles is 1. The molecule has 1 aliphatic heterocycles. The lowest BCUT2D eigenvalue weighted by Gasteiger charge is -2.42. The topological polar surface area (TPSA) is 44.1 Å². The summed E-state index contributed by atoms with van der Waals surface area (Å²) in [5.41, 5.74) is 2.21. The number of hydrogen-bond acceptors (Lipinski definition) is 3. The molecule has 6 heteroatoms. The van der Waals surface area contributed by atoms with Crippen molar-refractivity contribution in [1.82, 2.24) is 4.90 Å². The molecule has 1 saturated heterocycles. The van der Waals surface area contributed by atoms with Gasteiger partial charge in [0, 0.05) is 19.0 Å². The molecule has 0 radical (unpaired) electrons. The van der Waals surface area contributed by atoms with E-state index in [-0.39, 0.29) is 18.0 Å². The molecule has 3 nitrogen and oxygen atoms in total. The van der Waals surface area contributed by atoms with Gasteiger partial charge in [-0.1, -0.05) is 42.7 Å². The summed E-state index contributed by atoms with van der Waals surface area (Å²) in [6, 6.07) is 14.0. The summed E-state index contributed by atoms with van der Waals surface area (Å²) in [6.45, 7) is 6.31. The summed E-state index contributed by atoms with van der Waals surface area (Å²) < 4.78 is 39.3. The number of carbonyl (C=O) groups is 1. The maximum Gasteiger partial charge on any atom is 0.416 e. The van der Waals surface area contributed by atoms with Crippen LogP contribution in [0.5, 0.6) is 0 Å². The van der Waals surface area contributed by atoms with Gasteiger partial charge < -0.3 is 4.79 Å². The quantitative estimate of drug-likeness (QED) is 0.400. The first-order valence-electron chi connectivity index (χ1n) is 10.8. The Morgan fingerprint density at radius 3 is 2.42 bits per heavy atom. The molecule has 0 spiro atoms. The summed E-state index contributed by atoms with van der Waals surface area (Å²) in [4.78, 5) is 13.3. The van der Waals surface area contributed by atoms with E-state index in [2.05, 4.69) is 29.4 Å². The van der Waals surface area contributed by atoms with Crippen LogP contribution in [-0.2, 0) is 11.0 Å². The smallest absolute Gasteiger partial charge is 0.303 e. The third-order valence-corrected chi connectivity index (χ3v) is 5.91. The third kappa shape index (κ3) is 6.12. The van der Waals surface area contributed by atoms with Crippen LogP contribution in [0.1, 0.15) is 60.5 Å². The summed E-state index contributed by atoms with van der Waals surface area (Å²) in [5.74, 6) is 6.47. The molecule has 0 amide bonds. The zero-order valence-electron chi connectivity index (χ0n) is 18.4. The van der Waals surface area contributed by atoms with Gasteiger partial charge in [0.1, 0.15) is 6.29 Å². The molecule has 0 saturated carbocycles. The molecule has 0 aliphatic carbocycles. The van der Waals surface area contributed by atoms with Crippen molar-refractivity contribution in [3.63, 3.8) is 0 Å². The molecule has 1 fully saturated rings. The van der Waals surface area contributed by atoms with Crippen LogP contribution in [0.4, 0.5) is 13.2 Å². The number of benzene rings is 2. The first-order valence-corrected chi connectivity index (χ1v) is 10.8. The number of nitrogens with zero attached hydrogens (tertiary/aromatic N) is 2. The number of carbonyl (C=O) groups excluding carboxylic acids is 1. The maximum absolute atomic E-state index is 13.1. The van der Waals surface area contributed by atoms with Gasteiger partial charge in [0.25, 0.3) is 0 Å². The largest absolute Gasteiger partial charge is 0.416 e. The lowest BCUT2D eigenvalue weighted by Crippen LogP contribution is -2.39. The standard InChI is InChI=1S/C27H25F3N2O/c1-19(2)3-12-25(22-6-4-21(18-31)5-7-22)32-15-13-20(14-16-33)17-26(32)23-8-10-24(11-9-23)27(28,29)30/h4-11,16,20,25-26H,1,13-15,17H2,2H3/t20-,25+,26-/m0/s1. The van der Waals surface area contributed by atoms with Crippen molar-refractivity contribution in [2.75, 3.05) is 6.54 Å². The average Bonchev–Trinajstić information content (AvgIpc) is 2.80. The van der Waals surface area contributed by atoms with Crippen LogP contribution in [0.15, 0.2) is 60.7 Å². The molecule has 0 aromatic heterocycles. The number of allylic oxidation sites excluding steroid dienone is 1. The normalized spacial score (nSPS) is 19.6. The predicted octanol–water partition coefficient (Wildman–Crippen LogP) is 6.24. The van der Waals surface area contributed by atoms with E-state index in [1.54, 1.807) is 12.1 Å². The van der Waals surface area contributed by atoms with Gasteiger partial charge in [-0.2, -0.15) is 18.4 Å². The molecule has 0 N–H and O–H groups in total. The van der Waals surface area contributed by atoms with Gasteiger partial charge in [-0.25, -0.2) is 0 Å². The molecule has 1 heterocycles. The Hall–Kier alpha value is -3.35. The Morgan fingerprint density at radius 1 is 1.21 bits per heavy atom. The van der Waals surface area contributed by atoms with Crippen molar-refractivity contribution in [3.05, 3.63) is 82.9 Å². The van der Waals surface area contributed by atoms with E-state index in [0.29, 0.717) is 30.5 Å². The summed E-state index contributed by atoms with van der Waals surface area (Å²) in [7, 11) is 0. The van der Waals surface area contributed by atoms with Crippen LogP contribution in [0.2, 0.25) is 0 Å². The molecular formula is C27H25F3N2O. The fourth-order valence-electron chi connectivity index (χ4n) is 4.23. The fraction of sp³-hybridized carbons (Fsp3) is 0.333. The monoisotopic (exact) mass is 450 g/mol. The molecule has 2 aromatic rings. The van der Waals surface area contributed by atoms with E-state index in [4.69, 9.17) is 5.26 Å². The molecule has 2 aromatic carbocycles. The van der Waals surface area contributed by atoms with Crippen LogP contribution >= 0.6 is 0 Å². The van der Waals surface area contributed by atoms with Gasteiger partial charge in [-0.3, -0.25) is 4.90 Å². The number of rotatable bonds is 5. The first kappa shape index (κ1) is 24.3. The van der Waals surface area contributed by atoms with Crippen LogP contribution < -0.4 is 0 Å². The van der Waals surface area contributed by atoms with Gasteiger partial charge in [0.15, 0.2) is 0 Å². The van der Waals surface area contributed by atoms with Crippen LogP contribution in [0.25, 0.3) is 0 Å². The number of halogens is 3. The average molecular weight is 451 g/mol. The van der Waals surface area contributed by atoms with Gasteiger partial charge in [0.2, 0.25) is 0 Å². The van der Waals surface area contributed by atoms with E-state index < -0.39 is 11.7 Å². The van der Waals surface area contributed by atoms with Crippen molar-refractivity contribution in [1.29, 1.82) is 5.26 Å². The second-order valence-electron chi connectivity index (χ2n) is 8.35. The second kappa shape index (κ2) is 10.5. The van der Waals surface area contributed by atoms with Crippen LogP contribution in [-0.4, -0.2) is 17.7 Å². The van der Waals surface area contributed by atoms with Crippen LogP contribution in [0.3, 0.4) is 0 Å². The Balaban J connectivity index is 2.03. The van der Waals surface area contributed by atoms with Crippen molar-refractivity contribution >= 4 is 6.29 Å². The fourth-order valence-corrected chi connectivity index (χ4v) is 4.23. The molecule has 33 heavy (non-hydrogen) atoms. The minimum absolute atomic E-state index is 0.154. The highest BCUT2D eigenvalue weighted by Crippen LogP contribution is 2.41. The highest BCUT2D eigenvalue weighted by Gasteiger charge is 2.35. The number of piperidine rings is 1. The Bertz CT molecular complexity index is 1090. The van der Waals surface area contributed by atoms with Crippen molar-refractivity contribution < 1.29 is 18.0 Å². The van der Waals surface area contributed by atoms with Crippen molar-refractivity contribution in [2.24, 2.45) is 5.92 Å². The molecular weight excluding hydrogens is 425 g/mol. The van der Waals surface area contributed by atoms with E-state index in [1.807, 2.05) is 19.1 Å². The zero-order chi connectivity index (χ0) is 24.0. The van der Waals surface area contributed by atoms with Crippen molar-refractivity contribution in [3.8, 4) is 17.9 Å². The lowest BCUT2D eigenvalue weighted by atomic mass is 9.83. The lowest BCUT2D eigenvalue weighted by molar-refractivity contribution is -0.137. The molecule has 3 rings (SSSR count). The highest BCUT2D eigenvalue weighted by atomic mass is 19.4. The Morgan fingerprint density at radius 2 is 1.88 bits per heavy atom. The number of aldehydes is 1. The Kier molecular flexibility index (Phi) is 7.74. The Labute approximate surface area is 192 Å². The number of hydrogen-bond donors (Lipinski definition) is 0. The minimum Gasteiger partial charge on any atom is -0.303 e. The predicted molar refractivity (Wildman–Crippen MR) is 121 cm³/mol. The number of alkyl halides is 3. The van der Waals surface area contributed by atoms with Gasteiger partial charge >= 0.3 is 6.18 Å². The van der Waals surface area contributed by atoms with E-state index in [0.717, 1.165) is 36.0 Å². The maximum atomic E-state index is 13.1. The minimum atomic E-state index is -4.40. The molecule has 3 atom stereocenters. The molecule has 0 unspecified atom stereocenters. The SMILES string of the molecule is C=C(C)C#C[C@H](c1ccc(C#N)cc1)N1CC[C@@H](CC=O)C[C@H]1c1ccc(C(F)(F)F)cc1. The van der Waals surface area contributed by atoms with E-state index >= 15 is 0 Å². The van der Waals surface area contributed by atoms with E-state index in [1.165, 1.54) is 12.1 Å².